The van der Waals surface area contributed by atoms with Crippen molar-refractivity contribution >= 4 is 22.6 Å². The molecule has 0 saturated heterocycles. The van der Waals surface area contributed by atoms with Gasteiger partial charge in [-0.25, -0.2) is 4.79 Å². The highest BCUT2D eigenvalue weighted by Crippen LogP contribution is 2.23. The summed E-state index contributed by atoms with van der Waals surface area (Å²) in [6.45, 7) is 1.44. The van der Waals surface area contributed by atoms with Crippen molar-refractivity contribution in [3.63, 3.8) is 0 Å². The predicted octanol–water partition coefficient (Wildman–Crippen LogP) is 2.81. The van der Waals surface area contributed by atoms with E-state index in [9.17, 15) is 9.59 Å². The molecule has 0 spiro atoms. The van der Waals surface area contributed by atoms with Crippen molar-refractivity contribution in [2.24, 2.45) is 0 Å². The molecule has 0 aliphatic carbocycles. The van der Waals surface area contributed by atoms with E-state index in [1.807, 2.05) is 0 Å². The summed E-state index contributed by atoms with van der Waals surface area (Å²) in [5.41, 5.74) is 1.94. The number of hydrogen-bond donors (Lipinski definition) is 1. The minimum atomic E-state index is -0.402. The second-order valence-electron chi connectivity index (χ2n) is 4.62. The number of carbonyl (C=O) groups is 1. The van der Waals surface area contributed by atoms with Gasteiger partial charge in [0.15, 0.2) is 0 Å². The Hall–Kier alpha value is -2.95. The van der Waals surface area contributed by atoms with Gasteiger partial charge in [-0.1, -0.05) is 0 Å². The SMILES string of the molecule is CC(=O)Nc1ccc2oc(=O)c(-c3ccncc3)cc2c1. The molecule has 0 saturated carbocycles. The molecule has 104 valence electrons. The zero-order chi connectivity index (χ0) is 14.8. The Bertz CT molecular complexity index is 870. The standard InChI is InChI=1S/C16H12N2O3/c1-10(19)18-13-2-3-15-12(8-13)9-14(16(20)21-15)11-4-6-17-7-5-11/h2-9H,1H3,(H,18,19). The molecule has 5 nitrogen and oxygen atoms in total. The second kappa shape index (κ2) is 5.20. The molecular formula is C16H12N2O3. The van der Waals surface area contributed by atoms with Crippen LogP contribution in [0.25, 0.3) is 22.1 Å². The van der Waals surface area contributed by atoms with Crippen LogP contribution in [-0.2, 0) is 4.79 Å². The van der Waals surface area contributed by atoms with Crippen molar-refractivity contribution in [3.05, 3.63) is 59.2 Å². The van der Waals surface area contributed by atoms with E-state index in [1.54, 1.807) is 48.8 Å². The summed E-state index contributed by atoms with van der Waals surface area (Å²) >= 11 is 0. The molecule has 21 heavy (non-hydrogen) atoms. The summed E-state index contributed by atoms with van der Waals surface area (Å²) in [7, 11) is 0. The van der Waals surface area contributed by atoms with Crippen molar-refractivity contribution in [1.82, 2.24) is 4.98 Å². The van der Waals surface area contributed by atoms with Crippen LogP contribution < -0.4 is 10.9 Å². The molecule has 1 N–H and O–H groups in total. The van der Waals surface area contributed by atoms with Crippen molar-refractivity contribution in [1.29, 1.82) is 0 Å². The van der Waals surface area contributed by atoms with Crippen LogP contribution in [0.5, 0.6) is 0 Å². The largest absolute Gasteiger partial charge is 0.422 e. The van der Waals surface area contributed by atoms with Gasteiger partial charge in [-0.2, -0.15) is 0 Å². The summed E-state index contributed by atoms with van der Waals surface area (Å²) in [4.78, 5) is 27.1. The van der Waals surface area contributed by atoms with E-state index in [1.165, 1.54) is 6.92 Å². The van der Waals surface area contributed by atoms with Crippen molar-refractivity contribution in [3.8, 4) is 11.1 Å². The van der Waals surface area contributed by atoms with E-state index < -0.39 is 5.63 Å². The van der Waals surface area contributed by atoms with Crippen LogP contribution in [0.2, 0.25) is 0 Å². The molecule has 0 bridgehead atoms. The number of amides is 1. The lowest BCUT2D eigenvalue weighted by atomic mass is 10.1. The zero-order valence-corrected chi connectivity index (χ0v) is 11.3. The van der Waals surface area contributed by atoms with E-state index in [4.69, 9.17) is 4.42 Å². The lowest BCUT2D eigenvalue weighted by Gasteiger charge is -2.05. The molecule has 3 rings (SSSR count). The first-order valence-electron chi connectivity index (χ1n) is 6.39. The molecule has 0 aliphatic rings. The number of nitrogens with one attached hydrogen (secondary N) is 1. The van der Waals surface area contributed by atoms with E-state index in [2.05, 4.69) is 10.3 Å². The molecule has 0 atom stereocenters. The molecule has 2 aromatic heterocycles. The maximum atomic E-state index is 12.0. The number of pyridine rings is 1. The Kier molecular flexibility index (Phi) is 3.23. The summed E-state index contributed by atoms with van der Waals surface area (Å²) in [6, 6.07) is 10.4. The Morgan fingerprint density at radius 2 is 1.90 bits per heavy atom. The highest BCUT2D eigenvalue weighted by Gasteiger charge is 2.08. The van der Waals surface area contributed by atoms with Crippen LogP contribution in [0, 0.1) is 0 Å². The molecule has 1 aromatic carbocycles. The maximum absolute atomic E-state index is 12.0. The Balaban J connectivity index is 2.16. The van der Waals surface area contributed by atoms with Crippen LogP contribution in [0.1, 0.15) is 6.92 Å². The zero-order valence-electron chi connectivity index (χ0n) is 11.3. The van der Waals surface area contributed by atoms with E-state index >= 15 is 0 Å². The molecule has 0 fully saturated rings. The molecule has 0 unspecified atom stereocenters. The number of hydrogen-bond acceptors (Lipinski definition) is 4. The van der Waals surface area contributed by atoms with Crippen molar-refractivity contribution in [2.75, 3.05) is 5.32 Å². The predicted molar refractivity (Wildman–Crippen MR) is 80.0 cm³/mol. The highest BCUT2D eigenvalue weighted by molar-refractivity contribution is 5.92. The first-order chi connectivity index (χ1) is 10.1. The fourth-order valence-corrected chi connectivity index (χ4v) is 2.14. The van der Waals surface area contributed by atoms with E-state index in [-0.39, 0.29) is 5.91 Å². The van der Waals surface area contributed by atoms with Crippen LogP contribution in [0.4, 0.5) is 5.69 Å². The monoisotopic (exact) mass is 280 g/mol. The molecule has 1 amide bonds. The summed E-state index contributed by atoms with van der Waals surface area (Å²) < 4.78 is 5.32. The van der Waals surface area contributed by atoms with Gasteiger partial charge in [0.05, 0.1) is 5.56 Å². The average Bonchev–Trinajstić information content (AvgIpc) is 2.47. The fraction of sp³-hybridized carbons (Fsp3) is 0.0625. The second-order valence-corrected chi connectivity index (χ2v) is 4.62. The van der Waals surface area contributed by atoms with Gasteiger partial charge in [0.25, 0.3) is 0 Å². The minimum Gasteiger partial charge on any atom is -0.422 e. The Morgan fingerprint density at radius 1 is 1.14 bits per heavy atom. The maximum Gasteiger partial charge on any atom is 0.344 e. The van der Waals surface area contributed by atoms with Crippen LogP contribution in [0.15, 0.2) is 58.0 Å². The lowest BCUT2D eigenvalue weighted by Crippen LogP contribution is -2.06. The van der Waals surface area contributed by atoms with E-state index in [0.29, 0.717) is 16.8 Å². The number of benzene rings is 1. The summed E-state index contributed by atoms with van der Waals surface area (Å²) in [5, 5.41) is 3.45. The number of rotatable bonds is 2. The van der Waals surface area contributed by atoms with Gasteiger partial charge in [-0.15, -0.1) is 0 Å². The van der Waals surface area contributed by atoms with Gasteiger partial charge in [0, 0.05) is 30.4 Å². The van der Waals surface area contributed by atoms with E-state index in [0.717, 1.165) is 10.9 Å². The minimum absolute atomic E-state index is 0.152. The molecular weight excluding hydrogens is 268 g/mol. The summed E-state index contributed by atoms with van der Waals surface area (Å²) in [6.07, 6.45) is 3.24. The van der Waals surface area contributed by atoms with Gasteiger partial charge in [0.2, 0.25) is 5.91 Å². The van der Waals surface area contributed by atoms with Crippen molar-refractivity contribution in [2.45, 2.75) is 6.92 Å². The third-order valence-electron chi connectivity index (χ3n) is 3.04. The number of carbonyl (C=O) groups excluding carboxylic acids is 1. The Morgan fingerprint density at radius 3 is 2.62 bits per heavy atom. The molecule has 0 aliphatic heterocycles. The number of anilines is 1. The van der Waals surface area contributed by atoms with Crippen LogP contribution in [0.3, 0.4) is 0 Å². The Labute approximate surface area is 120 Å². The van der Waals surface area contributed by atoms with Gasteiger partial charge in [-0.3, -0.25) is 9.78 Å². The molecule has 0 radical (unpaired) electrons. The van der Waals surface area contributed by atoms with Gasteiger partial charge >= 0.3 is 5.63 Å². The van der Waals surface area contributed by atoms with Crippen LogP contribution >= 0.6 is 0 Å². The average molecular weight is 280 g/mol. The smallest absolute Gasteiger partial charge is 0.344 e. The lowest BCUT2D eigenvalue weighted by molar-refractivity contribution is -0.114. The number of aromatic nitrogens is 1. The molecule has 5 heteroatoms. The highest BCUT2D eigenvalue weighted by atomic mass is 16.4. The normalized spacial score (nSPS) is 10.5. The molecule has 3 aromatic rings. The van der Waals surface area contributed by atoms with Crippen LogP contribution in [-0.4, -0.2) is 10.9 Å². The number of fused-ring (bicyclic) bond motifs is 1. The molecule has 2 heterocycles. The van der Waals surface area contributed by atoms with Crippen molar-refractivity contribution < 1.29 is 9.21 Å². The topological polar surface area (TPSA) is 72.2 Å². The van der Waals surface area contributed by atoms with Gasteiger partial charge in [0.1, 0.15) is 5.58 Å². The van der Waals surface area contributed by atoms with Gasteiger partial charge < -0.3 is 9.73 Å². The number of nitrogens with zero attached hydrogens (tertiary/aromatic N) is 1. The first kappa shape index (κ1) is 13.1. The summed E-state index contributed by atoms with van der Waals surface area (Å²) in [5.74, 6) is -0.152. The van der Waals surface area contributed by atoms with Gasteiger partial charge in [-0.05, 0) is 42.0 Å². The third kappa shape index (κ3) is 2.67. The quantitative estimate of drug-likeness (QED) is 0.733. The first-order valence-corrected chi connectivity index (χ1v) is 6.39. The third-order valence-corrected chi connectivity index (χ3v) is 3.04. The fourth-order valence-electron chi connectivity index (χ4n) is 2.14.